The summed E-state index contributed by atoms with van der Waals surface area (Å²) in [6.07, 6.45) is -3.79. The average Bonchev–Trinajstić information content (AvgIpc) is 1.96. The zero-order chi connectivity index (χ0) is 13.0. The second-order valence-corrected chi connectivity index (χ2v) is 8.74. The number of rotatable bonds is 4. The molecular formula is C10H17F3O2Si. The van der Waals surface area contributed by atoms with Gasteiger partial charge in [0.05, 0.1) is 0 Å². The number of hydrogen-bond donors (Lipinski definition) is 0. The van der Waals surface area contributed by atoms with Crippen LogP contribution in [0.3, 0.4) is 0 Å². The van der Waals surface area contributed by atoms with Gasteiger partial charge in [0.15, 0.2) is 0 Å². The Morgan fingerprint density at radius 1 is 1.31 bits per heavy atom. The number of allylic oxidation sites excluding steroid dienone is 1. The molecule has 0 bridgehead atoms. The van der Waals surface area contributed by atoms with Crippen molar-refractivity contribution in [3.8, 4) is 0 Å². The lowest BCUT2D eigenvalue weighted by molar-refractivity contribution is -0.134. The molecule has 94 valence electrons. The number of halogens is 3. The lowest BCUT2D eigenvalue weighted by Crippen LogP contribution is -2.34. The average molecular weight is 254 g/mol. The predicted octanol–water partition coefficient (Wildman–Crippen LogP) is 3.65. The second-order valence-electron chi connectivity index (χ2n) is 4.52. The Morgan fingerprint density at radius 3 is 2.19 bits per heavy atom. The Morgan fingerprint density at radius 2 is 1.81 bits per heavy atom. The summed E-state index contributed by atoms with van der Waals surface area (Å²) < 4.78 is 41.1. The highest BCUT2D eigenvalue weighted by molar-refractivity contribution is 6.72. The first-order chi connectivity index (χ1) is 7.02. The van der Waals surface area contributed by atoms with E-state index in [9.17, 15) is 18.0 Å². The van der Waals surface area contributed by atoms with Crippen LogP contribution in [0, 0.1) is 0 Å². The first kappa shape index (κ1) is 15.2. The maximum Gasteiger partial charge on any atom is 0.388 e. The van der Waals surface area contributed by atoms with Gasteiger partial charge in [0.1, 0.15) is 0 Å². The number of carbonyl (C=O) groups is 1. The molecule has 0 amide bonds. The van der Waals surface area contributed by atoms with Crippen LogP contribution in [0.5, 0.6) is 0 Å². The van der Waals surface area contributed by atoms with E-state index in [1.54, 1.807) is 26.9 Å². The summed E-state index contributed by atoms with van der Waals surface area (Å²) in [6, 6.07) is -0.0984. The predicted molar refractivity (Wildman–Crippen MR) is 58.5 cm³/mol. The number of carbonyl (C=O) groups excluding carboxylic acids is 1. The van der Waals surface area contributed by atoms with Crippen molar-refractivity contribution in [2.45, 2.75) is 45.6 Å². The van der Waals surface area contributed by atoms with Gasteiger partial charge in [-0.2, -0.15) is 13.2 Å². The van der Waals surface area contributed by atoms with Gasteiger partial charge >= 0.3 is 12.1 Å². The van der Waals surface area contributed by atoms with Gasteiger partial charge in [0, 0.05) is 12.5 Å². The van der Waals surface area contributed by atoms with Crippen molar-refractivity contribution in [3.05, 3.63) is 11.6 Å². The van der Waals surface area contributed by atoms with Crippen molar-refractivity contribution in [2.75, 3.05) is 0 Å². The van der Waals surface area contributed by atoms with Crippen molar-refractivity contribution >= 4 is 14.3 Å². The highest BCUT2D eigenvalue weighted by Crippen LogP contribution is 2.26. The molecule has 6 heteroatoms. The minimum Gasteiger partial charge on any atom is -0.517 e. The molecular weight excluding hydrogens is 237 g/mol. The van der Waals surface area contributed by atoms with Crippen LogP contribution in [0.2, 0.25) is 19.1 Å². The van der Waals surface area contributed by atoms with E-state index >= 15 is 0 Å². The summed E-state index contributed by atoms with van der Waals surface area (Å²) >= 11 is 0. The monoisotopic (exact) mass is 254 g/mol. The van der Waals surface area contributed by atoms with Gasteiger partial charge in [-0.15, -0.1) is 0 Å². The standard InChI is InChI=1S/C10H17F3O2Si/c1-8(2)7-9(14)15-16(3,4)6-5-10(11,12)13/h7H,5-6H2,1-4H3. The molecule has 0 aliphatic heterocycles. The van der Waals surface area contributed by atoms with Gasteiger partial charge in [0.2, 0.25) is 8.32 Å². The van der Waals surface area contributed by atoms with E-state index in [0.717, 1.165) is 5.57 Å². The highest BCUT2D eigenvalue weighted by atomic mass is 28.4. The van der Waals surface area contributed by atoms with Crippen molar-refractivity contribution in [1.82, 2.24) is 0 Å². The van der Waals surface area contributed by atoms with E-state index < -0.39 is 26.9 Å². The van der Waals surface area contributed by atoms with Crippen LogP contribution in [-0.4, -0.2) is 20.5 Å². The Kier molecular flexibility index (Phi) is 5.25. The van der Waals surface area contributed by atoms with Crippen LogP contribution < -0.4 is 0 Å². The van der Waals surface area contributed by atoms with Crippen molar-refractivity contribution in [3.63, 3.8) is 0 Å². The van der Waals surface area contributed by atoms with E-state index in [1.807, 2.05) is 0 Å². The van der Waals surface area contributed by atoms with Crippen molar-refractivity contribution in [2.24, 2.45) is 0 Å². The van der Waals surface area contributed by atoms with Gasteiger partial charge in [-0.1, -0.05) is 5.57 Å². The van der Waals surface area contributed by atoms with Gasteiger partial charge in [0.25, 0.3) is 0 Å². The molecule has 0 radical (unpaired) electrons. The van der Waals surface area contributed by atoms with Gasteiger partial charge in [-0.25, -0.2) is 4.79 Å². The van der Waals surface area contributed by atoms with Gasteiger partial charge in [-0.05, 0) is 33.0 Å². The molecule has 0 aromatic rings. The highest BCUT2D eigenvalue weighted by Gasteiger charge is 2.34. The van der Waals surface area contributed by atoms with E-state index in [-0.39, 0.29) is 6.04 Å². The third-order valence-electron chi connectivity index (χ3n) is 1.79. The molecule has 2 nitrogen and oxygen atoms in total. The summed E-state index contributed by atoms with van der Waals surface area (Å²) in [4.78, 5) is 11.2. The van der Waals surface area contributed by atoms with Crippen LogP contribution in [0.1, 0.15) is 20.3 Å². The molecule has 0 aliphatic rings. The van der Waals surface area contributed by atoms with E-state index in [4.69, 9.17) is 4.43 Å². The lowest BCUT2D eigenvalue weighted by Gasteiger charge is -2.22. The molecule has 0 unspecified atom stereocenters. The van der Waals surface area contributed by atoms with Crippen LogP contribution >= 0.6 is 0 Å². The molecule has 0 fully saturated rings. The molecule has 0 N–H and O–H groups in total. The van der Waals surface area contributed by atoms with Crippen molar-refractivity contribution in [1.29, 1.82) is 0 Å². The first-order valence-corrected chi connectivity index (χ1v) is 8.08. The topological polar surface area (TPSA) is 26.3 Å². The molecule has 0 aliphatic carbocycles. The van der Waals surface area contributed by atoms with E-state index in [0.29, 0.717) is 0 Å². The fourth-order valence-electron chi connectivity index (χ4n) is 1.03. The Bertz CT molecular complexity index is 278. The summed E-state index contributed by atoms with van der Waals surface area (Å²) in [5, 5.41) is 0. The molecule has 0 rings (SSSR count). The Balaban J connectivity index is 4.25. The summed E-state index contributed by atoms with van der Waals surface area (Å²) in [5.41, 5.74) is 0.769. The van der Waals surface area contributed by atoms with Crippen LogP contribution in [0.15, 0.2) is 11.6 Å². The van der Waals surface area contributed by atoms with Crippen molar-refractivity contribution < 1.29 is 22.4 Å². The molecule has 0 heterocycles. The first-order valence-electron chi connectivity index (χ1n) is 4.96. The smallest absolute Gasteiger partial charge is 0.388 e. The Labute approximate surface area is 94.6 Å². The minimum atomic E-state index is -4.19. The molecule has 0 atom stereocenters. The Hall–Kier alpha value is -0.783. The minimum absolute atomic E-state index is 0.0984. The zero-order valence-electron chi connectivity index (χ0n) is 9.94. The largest absolute Gasteiger partial charge is 0.517 e. The summed E-state index contributed by atoms with van der Waals surface area (Å²) in [5.74, 6) is -0.543. The molecule has 0 saturated carbocycles. The third-order valence-corrected chi connectivity index (χ3v) is 4.00. The van der Waals surface area contributed by atoms with E-state index in [2.05, 4.69) is 0 Å². The summed E-state index contributed by atoms with van der Waals surface area (Å²) in [7, 11) is -2.56. The molecule has 0 saturated heterocycles. The molecule has 16 heavy (non-hydrogen) atoms. The van der Waals surface area contributed by atoms with Crippen LogP contribution in [0.25, 0.3) is 0 Å². The second kappa shape index (κ2) is 5.52. The van der Waals surface area contributed by atoms with E-state index in [1.165, 1.54) is 6.08 Å². The molecule has 0 aromatic carbocycles. The fraction of sp³-hybridized carbons (Fsp3) is 0.700. The van der Waals surface area contributed by atoms with Crippen LogP contribution in [0.4, 0.5) is 13.2 Å². The summed E-state index contributed by atoms with van der Waals surface area (Å²) in [6.45, 7) is 6.67. The third kappa shape index (κ3) is 8.52. The lowest BCUT2D eigenvalue weighted by atomic mass is 10.3. The van der Waals surface area contributed by atoms with Crippen LogP contribution in [-0.2, 0) is 9.22 Å². The number of hydrogen-bond acceptors (Lipinski definition) is 2. The zero-order valence-corrected chi connectivity index (χ0v) is 10.9. The maximum absolute atomic E-state index is 12.0. The molecule has 0 spiro atoms. The SMILES string of the molecule is CC(C)=CC(=O)O[Si](C)(C)CCC(F)(F)F. The normalized spacial score (nSPS) is 12.2. The fourth-order valence-corrected chi connectivity index (χ4v) is 2.62. The van der Waals surface area contributed by atoms with Gasteiger partial charge in [-0.3, -0.25) is 0 Å². The van der Waals surface area contributed by atoms with Gasteiger partial charge < -0.3 is 4.43 Å². The molecule has 0 aromatic heterocycles. The number of alkyl halides is 3. The maximum atomic E-state index is 12.0. The quantitative estimate of drug-likeness (QED) is 0.565.